The van der Waals surface area contributed by atoms with Gasteiger partial charge in [-0.25, -0.2) is 4.39 Å². The van der Waals surface area contributed by atoms with Crippen molar-refractivity contribution >= 4 is 33.0 Å². The molecule has 0 spiro atoms. The Morgan fingerprint density at radius 1 is 1.50 bits per heavy atom. The monoisotopic (exact) mass is 292 g/mol. The Morgan fingerprint density at radius 2 is 2.30 bits per heavy atom. The number of hydrogen-bond donors (Lipinski definition) is 1. The Kier molecular flexibility index (Phi) is 3.38. The van der Waals surface area contributed by atoms with Gasteiger partial charge in [0.25, 0.3) is 5.91 Å². The molecule has 3 rings (SSSR count). The molecule has 1 aliphatic rings. The first-order valence-corrected chi connectivity index (χ1v) is 7.65. The van der Waals surface area contributed by atoms with E-state index in [1.807, 2.05) is 4.90 Å². The molecule has 1 amide bonds. The van der Waals surface area contributed by atoms with E-state index in [1.54, 1.807) is 12.1 Å². The van der Waals surface area contributed by atoms with Gasteiger partial charge in [0.1, 0.15) is 10.7 Å². The fourth-order valence-electron chi connectivity index (χ4n) is 2.81. The van der Waals surface area contributed by atoms with Gasteiger partial charge in [-0.2, -0.15) is 0 Å². The normalized spacial score (nSPS) is 19.5. The third-order valence-electron chi connectivity index (χ3n) is 3.84. The van der Waals surface area contributed by atoms with Gasteiger partial charge in [0.15, 0.2) is 0 Å². The Balaban J connectivity index is 1.99. The maximum absolute atomic E-state index is 13.8. The first kappa shape index (κ1) is 13.4. The van der Waals surface area contributed by atoms with Crippen LogP contribution in [-0.4, -0.2) is 23.9 Å². The Hall–Kier alpha value is -1.62. The maximum atomic E-state index is 13.8. The van der Waals surface area contributed by atoms with E-state index in [4.69, 9.17) is 5.73 Å². The summed E-state index contributed by atoms with van der Waals surface area (Å²) >= 11 is 1.28. The third-order valence-corrected chi connectivity index (χ3v) is 5.00. The van der Waals surface area contributed by atoms with Gasteiger partial charge in [-0.05, 0) is 30.9 Å². The minimum Gasteiger partial charge on any atom is -0.397 e. The number of piperidine rings is 1. The maximum Gasteiger partial charge on any atom is 0.266 e. The number of hydrogen-bond acceptors (Lipinski definition) is 3. The molecule has 2 heterocycles. The van der Waals surface area contributed by atoms with Crippen molar-refractivity contribution in [1.82, 2.24) is 4.90 Å². The van der Waals surface area contributed by atoms with E-state index in [-0.39, 0.29) is 17.4 Å². The van der Waals surface area contributed by atoms with Gasteiger partial charge in [-0.3, -0.25) is 4.79 Å². The number of nitrogen functional groups attached to an aromatic ring is 1. The topological polar surface area (TPSA) is 46.3 Å². The van der Waals surface area contributed by atoms with Gasteiger partial charge in [0.05, 0.1) is 11.1 Å². The summed E-state index contributed by atoms with van der Waals surface area (Å²) in [5, 5.41) is 0.380. The predicted molar refractivity (Wildman–Crippen MR) is 80.5 cm³/mol. The number of fused-ring (bicyclic) bond motifs is 1. The van der Waals surface area contributed by atoms with Crippen molar-refractivity contribution in [3.8, 4) is 0 Å². The second-order valence-electron chi connectivity index (χ2n) is 5.46. The van der Waals surface area contributed by atoms with Gasteiger partial charge in [0, 0.05) is 17.8 Å². The molecule has 2 N–H and O–H groups in total. The second-order valence-corrected chi connectivity index (χ2v) is 6.51. The number of rotatable bonds is 1. The van der Waals surface area contributed by atoms with E-state index in [9.17, 15) is 9.18 Å². The fraction of sp³-hybridized carbons (Fsp3) is 0.400. The van der Waals surface area contributed by atoms with Crippen molar-refractivity contribution < 1.29 is 9.18 Å². The quantitative estimate of drug-likeness (QED) is 0.874. The predicted octanol–water partition coefficient (Wildman–Crippen LogP) is 3.49. The summed E-state index contributed by atoms with van der Waals surface area (Å²) in [6.45, 7) is 3.67. The molecular formula is C15H17FN2OS. The van der Waals surface area contributed by atoms with Crippen LogP contribution in [-0.2, 0) is 0 Å². The molecule has 1 aromatic heterocycles. The van der Waals surface area contributed by atoms with Gasteiger partial charge in [-0.1, -0.05) is 13.0 Å². The number of benzene rings is 1. The van der Waals surface area contributed by atoms with Crippen molar-refractivity contribution in [3.63, 3.8) is 0 Å². The first-order valence-electron chi connectivity index (χ1n) is 6.83. The third kappa shape index (κ3) is 2.16. The minimum absolute atomic E-state index is 0.0605. The van der Waals surface area contributed by atoms with Gasteiger partial charge in [-0.15, -0.1) is 11.3 Å². The van der Waals surface area contributed by atoms with Crippen LogP contribution in [0.15, 0.2) is 18.2 Å². The molecule has 5 heteroatoms. The zero-order valence-electron chi connectivity index (χ0n) is 11.4. The number of anilines is 1. The number of likely N-dealkylation sites (tertiary alicyclic amines) is 1. The van der Waals surface area contributed by atoms with Gasteiger partial charge in [0.2, 0.25) is 0 Å². The first-order chi connectivity index (χ1) is 9.58. The van der Waals surface area contributed by atoms with Gasteiger partial charge >= 0.3 is 0 Å². The lowest BCUT2D eigenvalue weighted by Crippen LogP contribution is -2.39. The molecule has 0 bridgehead atoms. The number of carbonyl (C=O) groups is 1. The molecule has 0 saturated carbocycles. The molecule has 1 saturated heterocycles. The standard InChI is InChI=1S/C15H17FN2OS/c1-9-4-3-7-18(8-9)15(19)14-13(17)12-10(16)5-2-6-11(12)20-14/h2,5-6,9H,3-4,7-8,17H2,1H3. The highest BCUT2D eigenvalue weighted by Crippen LogP contribution is 2.36. The molecule has 0 radical (unpaired) electrons. The summed E-state index contributed by atoms with van der Waals surface area (Å²) in [5.74, 6) is 0.0944. The lowest BCUT2D eigenvalue weighted by atomic mass is 10.00. The lowest BCUT2D eigenvalue weighted by molar-refractivity contribution is 0.0689. The van der Waals surface area contributed by atoms with Crippen LogP contribution < -0.4 is 5.73 Å². The van der Waals surface area contributed by atoms with Crippen molar-refractivity contribution in [2.75, 3.05) is 18.8 Å². The Morgan fingerprint density at radius 3 is 3.00 bits per heavy atom. The molecule has 1 unspecified atom stereocenters. The van der Waals surface area contributed by atoms with Crippen LogP contribution in [0, 0.1) is 11.7 Å². The molecule has 1 atom stereocenters. The molecular weight excluding hydrogens is 275 g/mol. The highest BCUT2D eigenvalue weighted by atomic mass is 32.1. The van der Waals surface area contributed by atoms with Gasteiger partial charge < -0.3 is 10.6 Å². The van der Waals surface area contributed by atoms with Crippen molar-refractivity contribution in [2.45, 2.75) is 19.8 Å². The van der Waals surface area contributed by atoms with Crippen molar-refractivity contribution in [1.29, 1.82) is 0 Å². The number of amides is 1. The summed E-state index contributed by atoms with van der Waals surface area (Å²) < 4.78 is 14.6. The number of thiophene rings is 1. The molecule has 2 aromatic rings. The average molecular weight is 292 g/mol. The Bertz CT molecular complexity index is 667. The highest BCUT2D eigenvalue weighted by Gasteiger charge is 2.26. The van der Waals surface area contributed by atoms with Crippen LogP contribution in [0.1, 0.15) is 29.4 Å². The summed E-state index contributed by atoms with van der Waals surface area (Å²) in [7, 11) is 0. The lowest BCUT2D eigenvalue weighted by Gasteiger charge is -2.30. The largest absolute Gasteiger partial charge is 0.397 e. The summed E-state index contributed by atoms with van der Waals surface area (Å²) in [6, 6.07) is 4.82. The number of halogens is 1. The summed E-state index contributed by atoms with van der Waals surface area (Å²) in [4.78, 5) is 14.9. The summed E-state index contributed by atoms with van der Waals surface area (Å²) in [5.41, 5.74) is 6.29. The van der Waals surface area contributed by atoms with Crippen LogP contribution in [0.3, 0.4) is 0 Å². The van der Waals surface area contributed by atoms with E-state index in [0.29, 0.717) is 16.2 Å². The van der Waals surface area contributed by atoms with Crippen LogP contribution >= 0.6 is 11.3 Å². The van der Waals surface area contributed by atoms with E-state index >= 15 is 0 Å². The van der Waals surface area contributed by atoms with E-state index in [0.717, 1.165) is 30.6 Å². The molecule has 0 aliphatic carbocycles. The number of nitrogens with two attached hydrogens (primary N) is 1. The highest BCUT2D eigenvalue weighted by molar-refractivity contribution is 7.21. The van der Waals surface area contributed by atoms with Crippen LogP contribution in [0.2, 0.25) is 0 Å². The van der Waals surface area contributed by atoms with Crippen molar-refractivity contribution in [2.24, 2.45) is 5.92 Å². The smallest absolute Gasteiger partial charge is 0.266 e. The average Bonchev–Trinajstić information content (AvgIpc) is 2.76. The summed E-state index contributed by atoms with van der Waals surface area (Å²) in [6.07, 6.45) is 2.17. The van der Waals surface area contributed by atoms with E-state index in [2.05, 4.69) is 6.92 Å². The minimum atomic E-state index is -0.359. The molecule has 1 fully saturated rings. The van der Waals surface area contributed by atoms with E-state index in [1.165, 1.54) is 17.4 Å². The SMILES string of the molecule is CC1CCCN(C(=O)c2sc3cccc(F)c3c2N)C1. The van der Waals surface area contributed by atoms with Crippen LogP contribution in [0.4, 0.5) is 10.1 Å². The fourth-order valence-corrected chi connectivity index (χ4v) is 3.91. The van der Waals surface area contributed by atoms with Crippen LogP contribution in [0.5, 0.6) is 0 Å². The second kappa shape index (κ2) is 5.05. The van der Waals surface area contributed by atoms with E-state index < -0.39 is 0 Å². The molecule has 1 aliphatic heterocycles. The number of nitrogens with zero attached hydrogens (tertiary/aromatic N) is 1. The molecule has 106 valence electrons. The van der Waals surface area contributed by atoms with Crippen molar-refractivity contribution in [3.05, 3.63) is 28.9 Å². The number of carbonyl (C=O) groups excluding carboxylic acids is 1. The zero-order valence-corrected chi connectivity index (χ0v) is 12.2. The molecule has 20 heavy (non-hydrogen) atoms. The Labute approximate surface area is 121 Å². The van der Waals surface area contributed by atoms with Crippen LogP contribution in [0.25, 0.3) is 10.1 Å². The zero-order chi connectivity index (χ0) is 14.3. The molecule has 1 aromatic carbocycles. The molecule has 3 nitrogen and oxygen atoms in total.